The van der Waals surface area contributed by atoms with Crippen molar-refractivity contribution in [3.63, 3.8) is 0 Å². The maximum absolute atomic E-state index is 4.33. The SMILES string of the molecule is Cc1nc(NCc2nn[nH]n2)ccc1Br. The zero-order valence-electron chi connectivity index (χ0n) is 8.03. The van der Waals surface area contributed by atoms with Crippen LogP contribution in [0.25, 0.3) is 0 Å². The van der Waals surface area contributed by atoms with Crippen LogP contribution in [0.2, 0.25) is 0 Å². The quantitative estimate of drug-likeness (QED) is 0.877. The Morgan fingerprint density at radius 3 is 3.00 bits per heavy atom. The maximum atomic E-state index is 4.33. The normalized spacial score (nSPS) is 10.3. The van der Waals surface area contributed by atoms with Crippen LogP contribution < -0.4 is 5.32 Å². The van der Waals surface area contributed by atoms with Gasteiger partial charge in [-0.2, -0.15) is 5.21 Å². The van der Waals surface area contributed by atoms with Crippen molar-refractivity contribution >= 4 is 21.7 Å². The Hall–Kier alpha value is -1.50. The summed E-state index contributed by atoms with van der Waals surface area (Å²) in [7, 11) is 0. The minimum Gasteiger partial charge on any atom is -0.363 e. The van der Waals surface area contributed by atoms with Crippen molar-refractivity contribution in [1.29, 1.82) is 0 Å². The molecule has 6 nitrogen and oxygen atoms in total. The summed E-state index contributed by atoms with van der Waals surface area (Å²) in [5, 5.41) is 16.6. The second kappa shape index (κ2) is 4.35. The van der Waals surface area contributed by atoms with E-state index in [1.807, 2.05) is 19.1 Å². The average molecular weight is 269 g/mol. The van der Waals surface area contributed by atoms with Gasteiger partial charge in [-0.25, -0.2) is 4.98 Å². The van der Waals surface area contributed by atoms with Crippen molar-refractivity contribution in [2.45, 2.75) is 13.5 Å². The lowest BCUT2D eigenvalue weighted by atomic mass is 10.4. The molecule has 0 saturated carbocycles. The molecule has 2 heterocycles. The standard InChI is InChI=1S/C8H9BrN6/c1-5-6(9)2-3-7(11-5)10-4-8-12-14-15-13-8/h2-3H,4H2,1H3,(H,10,11)(H,12,13,14,15). The predicted octanol–water partition coefficient (Wildman–Crippen LogP) is 1.28. The van der Waals surface area contributed by atoms with Gasteiger partial charge in [0.25, 0.3) is 0 Å². The fraction of sp³-hybridized carbons (Fsp3) is 0.250. The largest absolute Gasteiger partial charge is 0.363 e. The maximum Gasteiger partial charge on any atom is 0.193 e. The Morgan fingerprint density at radius 2 is 2.33 bits per heavy atom. The van der Waals surface area contributed by atoms with Gasteiger partial charge in [-0.1, -0.05) is 5.21 Å². The fourth-order valence-electron chi connectivity index (χ4n) is 1.07. The highest BCUT2D eigenvalue weighted by Crippen LogP contribution is 2.16. The average Bonchev–Trinajstić information content (AvgIpc) is 2.73. The number of pyridine rings is 1. The second-order valence-electron chi connectivity index (χ2n) is 2.95. The van der Waals surface area contributed by atoms with Gasteiger partial charge in [0.05, 0.1) is 12.2 Å². The third kappa shape index (κ3) is 2.50. The number of halogens is 1. The molecule has 2 aromatic rings. The number of hydrogen-bond donors (Lipinski definition) is 2. The number of aryl methyl sites for hydroxylation is 1. The van der Waals surface area contributed by atoms with Crippen molar-refractivity contribution in [3.8, 4) is 0 Å². The van der Waals surface area contributed by atoms with E-state index in [0.717, 1.165) is 16.0 Å². The zero-order chi connectivity index (χ0) is 10.7. The van der Waals surface area contributed by atoms with Gasteiger partial charge in [0.1, 0.15) is 5.82 Å². The smallest absolute Gasteiger partial charge is 0.193 e. The molecule has 0 unspecified atom stereocenters. The van der Waals surface area contributed by atoms with E-state index in [0.29, 0.717) is 12.4 Å². The number of H-pyrrole nitrogens is 1. The molecule has 15 heavy (non-hydrogen) atoms. The fourth-order valence-corrected chi connectivity index (χ4v) is 1.29. The molecule has 0 aliphatic carbocycles. The highest BCUT2D eigenvalue weighted by atomic mass is 79.9. The van der Waals surface area contributed by atoms with E-state index < -0.39 is 0 Å². The van der Waals surface area contributed by atoms with Crippen LogP contribution in [0.4, 0.5) is 5.82 Å². The first-order chi connectivity index (χ1) is 7.25. The Bertz CT molecular complexity index is 440. The van der Waals surface area contributed by atoms with Crippen molar-refractivity contribution in [1.82, 2.24) is 25.6 Å². The molecule has 7 heteroatoms. The van der Waals surface area contributed by atoms with Crippen molar-refractivity contribution in [2.24, 2.45) is 0 Å². The van der Waals surface area contributed by atoms with Gasteiger partial charge in [-0.05, 0) is 35.0 Å². The topological polar surface area (TPSA) is 79.4 Å². The number of aromatic nitrogens is 5. The van der Waals surface area contributed by atoms with Gasteiger partial charge in [0.2, 0.25) is 0 Å². The lowest BCUT2D eigenvalue weighted by molar-refractivity contribution is 0.881. The van der Waals surface area contributed by atoms with Crippen LogP contribution in [0.15, 0.2) is 16.6 Å². The number of nitrogens with one attached hydrogen (secondary N) is 2. The molecule has 0 aromatic carbocycles. The molecular weight excluding hydrogens is 260 g/mol. The number of tetrazole rings is 1. The molecule has 0 spiro atoms. The lowest BCUT2D eigenvalue weighted by Crippen LogP contribution is -2.03. The molecule has 0 radical (unpaired) electrons. The van der Waals surface area contributed by atoms with E-state index in [4.69, 9.17) is 0 Å². The lowest BCUT2D eigenvalue weighted by Gasteiger charge is -2.04. The minimum atomic E-state index is 0.505. The monoisotopic (exact) mass is 268 g/mol. The number of aromatic amines is 1. The molecule has 2 rings (SSSR count). The van der Waals surface area contributed by atoms with Gasteiger partial charge in [0.15, 0.2) is 5.82 Å². The van der Waals surface area contributed by atoms with Crippen molar-refractivity contribution < 1.29 is 0 Å². The molecule has 78 valence electrons. The van der Waals surface area contributed by atoms with Crippen LogP contribution in [-0.2, 0) is 6.54 Å². The Morgan fingerprint density at radius 1 is 1.47 bits per heavy atom. The minimum absolute atomic E-state index is 0.505. The highest BCUT2D eigenvalue weighted by molar-refractivity contribution is 9.10. The van der Waals surface area contributed by atoms with Crippen LogP contribution in [0.1, 0.15) is 11.5 Å². The van der Waals surface area contributed by atoms with Gasteiger partial charge < -0.3 is 5.32 Å². The second-order valence-corrected chi connectivity index (χ2v) is 3.80. The summed E-state index contributed by atoms with van der Waals surface area (Å²) in [5.41, 5.74) is 0.938. The molecule has 0 aliphatic rings. The first-order valence-corrected chi connectivity index (χ1v) is 5.14. The van der Waals surface area contributed by atoms with Crippen LogP contribution in [0, 0.1) is 6.92 Å². The Balaban J connectivity index is 2.02. The molecular formula is C8H9BrN6. The van der Waals surface area contributed by atoms with Crippen LogP contribution in [-0.4, -0.2) is 25.6 Å². The van der Waals surface area contributed by atoms with Gasteiger partial charge >= 0.3 is 0 Å². The van der Waals surface area contributed by atoms with E-state index in [1.165, 1.54) is 0 Å². The third-order valence-electron chi connectivity index (χ3n) is 1.84. The molecule has 0 bridgehead atoms. The van der Waals surface area contributed by atoms with E-state index in [1.54, 1.807) is 0 Å². The Labute approximate surface area is 94.6 Å². The van der Waals surface area contributed by atoms with E-state index in [9.17, 15) is 0 Å². The molecule has 0 amide bonds. The van der Waals surface area contributed by atoms with Crippen LogP contribution >= 0.6 is 15.9 Å². The summed E-state index contributed by atoms with van der Waals surface area (Å²) in [6, 6.07) is 3.83. The van der Waals surface area contributed by atoms with E-state index in [-0.39, 0.29) is 0 Å². The summed E-state index contributed by atoms with van der Waals surface area (Å²) in [6.45, 7) is 2.44. The first-order valence-electron chi connectivity index (χ1n) is 4.35. The number of nitrogens with zero attached hydrogens (tertiary/aromatic N) is 4. The van der Waals surface area contributed by atoms with E-state index >= 15 is 0 Å². The number of anilines is 1. The summed E-state index contributed by atoms with van der Waals surface area (Å²) in [4.78, 5) is 4.33. The van der Waals surface area contributed by atoms with Gasteiger partial charge in [0, 0.05) is 4.47 Å². The van der Waals surface area contributed by atoms with Gasteiger partial charge in [-0.3, -0.25) is 0 Å². The first kappa shape index (κ1) is 10.0. The molecule has 0 aliphatic heterocycles. The Kier molecular flexibility index (Phi) is 2.91. The molecule has 0 fully saturated rings. The predicted molar refractivity (Wildman–Crippen MR) is 58.2 cm³/mol. The third-order valence-corrected chi connectivity index (χ3v) is 2.68. The highest BCUT2D eigenvalue weighted by Gasteiger charge is 2.00. The molecule has 0 atom stereocenters. The summed E-state index contributed by atoms with van der Waals surface area (Å²) < 4.78 is 0.993. The molecule has 2 N–H and O–H groups in total. The zero-order valence-corrected chi connectivity index (χ0v) is 9.61. The molecule has 2 aromatic heterocycles. The van der Waals surface area contributed by atoms with E-state index in [2.05, 4.69) is 46.9 Å². The summed E-state index contributed by atoms with van der Waals surface area (Å²) >= 11 is 3.39. The van der Waals surface area contributed by atoms with Crippen LogP contribution in [0.3, 0.4) is 0 Å². The summed E-state index contributed by atoms with van der Waals surface area (Å²) in [5.74, 6) is 1.40. The van der Waals surface area contributed by atoms with Gasteiger partial charge in [-0.15, -0.1) is 10.2 Å². The summed E-state index contributed by atoms with van der Waals surface area (Å²) in [6.07, 6.45) is 0. The van der Waals surface area contributed by atoms with Crippen molar-refractivity contribution in [2.75, 3.05) is 5.32 Å². The van der Waals surface area contributed by atoms with Crippen LogP contribution in [0.5, 0.6) is 0 Å². The number of hydrogen-bond acceptors (Lipinski definition) is 5. The van der Waals surface area contributed by atoms with Crippen molar-refractivity contribution in [3.05, 3.63) is 28.1 Å². The molecule has 0 saturated heterocycles. The number of rotatable bonds is 3.